The normalized spacial score (nSPS) is 23.8. The third-order valence-corrected chi connectivity index (χ3v) is 5.60. The van der Waals surface area contributed by atoms with Gasteiger partial charge in [-0.1, -0.05) is 53.2 Å². The Bertz CT molecular complexity index is 637. The Morgan fingerprint density at radius 3 is 2.77 bits per heavy atom. The lowest BCUT2D eigenvalue weighted by atomic mass is 10.2. The van der Waals surface area contributed by atoms with Crippen LogP contribution < -0.4 is 0 Å². The van der Waals surface area contributed by atoms with Crippen LogP contribution in [0.25, 0.3) is 6.08 Å². The Labute approximate surface area is 148 Å². The molecule has 3 rings (SSSR count). The van der Waals surface area contributed by atoms with Crippen molar-refractivity contribution in [1.29, 1.82) is 0 Å². The van der Waals surface area contributed by atoms with Crippen molar-refractivity contribution >= 4 is 63.5 Å². The van der Waals surface area contributed by atoms with Crippen LogP contribution in [0.4, 0.5) is 0 Å². The van der Waals surface area contributed by atoms with Crippen molar-refractivity contribution < 1.29 is 9.53 Å². The Kier molecular flexibility index (Phi) is 5.10. The first kappa shape index (κ1) is 16.3. The topological polar surface area (TPSA) is 29.5 Å². The zero-order chi connectivity index (χ0) is 15.7. The Hall–Kier alpha value is -0.590. The van der Waals surface area contributed by atoms with Gasteiger partial charge in [-0.2, -0.15) is 0 Å². The minimum Gasteiger partial charge on any atom is -0.376 e. The fraction of sp³-hybridized carbons (Fsp3) is 0.333. The number of nitrogens with zero attached hydrogens (tertiary/aromatic N) is 1. The SMILES string of the molecule is O=C1/C(=C/c2c(Cl)cccc2Cl)SC(=S)N1CC1CCCO1. The monoisotopic (exact) mass is 373 g/mol. The minimum atomic E-state index is -0.110. The highest BCUT2D eigenvalue weighted by Crippen LogP contribution is 2.36. The number of rotatable bonds is 3. The molecule has 1 aromatic carbocycles. The predicted octanol–water partition coefficient (Wildman–Crippen LogP) is 4.37. The summed E-state index contributed by atoms with van der Waals surface area (Å²) in [6, 6.07) is 5.25. The first-order valence-corrected chi connectivity index (χ1v) is 8.85. The predicted molar refractivity (Wildman–Crippen MR) is 95.3 cm³/mol. The maximum Gasteiger partial charge on any atom is 0.266 e. The summed E-state index contributed by atoms with van der Waals surface area (Å²) >= 11 is 18.9. The summed E-state index contributed by atoms with van der Waals surface area (Å²) in [7, 11) is 0. The molecule has 0 aromatic heterocycles. The number of ether oxygens (including phenoxy) is 1. The van der Waals surface area contributed by atoms with E-state index in [-0.39, 0.29) is 12.0 Å². The van der Waals surface area contributed by atoms with Gasteiger partial charge in [0.15, 0.2) is 0 Å². The molecule has 0 spiro atoms. The summed E-state index contributed by atoms with van der Waals surface area (Å²) in [6.07, 6.45) is 3.78. The molecule has 0 N–H and O–H groups in total. The van der Waals surface area contributed by atoms with Gasteiger partial charge >= 0.3 is 0 Å². The molecule has 3 nitrogen and oxygen atoms in total. The fourth-order valence-corrected chi connectivity index (χ4v) is 4.19. The molecule has 0 radical (unpaired) electrons. The maximum absolute atomic E-state index is 12.5. The van der Waals surface area contributed by atoms with Crippen LogP contribution in [0.1, 0.15) is 18.4 Å². The van der Waals surface area contributed by atoms with Crippen LogP contribution in [0.5, 0.6) is 0 Å². The highest BCUT2D eigenvalue weighted by molar-refractivity contribution is 8.26. The first-order chi connectivity index (χ1) is 10.6. The number of carbonyl (C=O) groups is 1. The number of amides is 1. The van der Waals surface area contributed by atoms with Gasteiger partial charge in [-0.05, 0) is 31.1 Å². The molecule has 0 saturated carbocycles. The van der Waals surface area contributed by atoms with Crippen molar-refractivity contribution in [2.45, 2.75) is 18.9 Å². The summed E-state index contributed by atoms with van der Waals surface area (Å²) in [4.78, 5) is 14.7. The number of carbonyl (C=O) groups excluding carboxylic acids is 1. The molecular weight excluding hydrogens is 361 g/mol. The van der Waals surface area contributed by atoms with Crippen LogP contribution in [0.15, 0.2) is 23.1 Å². The molecule has 2 heterocycles. The van der Waals surface area contributed by atoms with Gasteiger partial charge in [-0.3, -0.25) is 9.69 Å². The van der Waals surface area contributed by atoms with E-state index in [1.165, 1.54) is 11.8 Å². The van der Waals surface area contributed by atoms with Crippen molar-refractivity contribution in [1.82, 2.24) is 4.90 Å². The van der Waals surface area contributed by atoms with E-state index >= 15 is 0 Å². The number of hydrogen-bond donors (Lipinski definition) is 0. The average molecular weight is 374 g/mol. The van der Waals surface area contributed by atoms with E-state index in [0.717, 1.165) is 19.4 Å². The molecule has 1 amide bonds. The molecule has 2 fully saturated rings. The van der Waals surface area contributed by atoms with E-state index in [4.69, 9.17) is 40.2 Å². The molecule has 1 aromatic rings. The van der Waals surface area contributed by atoms with Crippen LogP contribution in [-0.4, -0.2) is 34.4 Å². The smallest absolute Gasteiger partial charge is 0.266 e. The lowest BCUT2D eigenvalue weighted by Gasteiger charge is -2.18. The first-order valence-electron chi connectivity index (χ1n) is 6.87. The Morgan fingerprint density at radius 2 is 2.14 bits per heavy atom. The summed E-state index contributed by atoms with van der Waals surface area (Å²) in [5.41, 5.74) is 0.642. The van der Waals surface area contributed by atoms with Crippen molar-refractivity contribution in [2.24, 2.45) is 0 Å². The van der Waals surface area contributed by atoms with E-state index in [9.17, 15) is 4.79 Å². The molecule has 2 saturated heterocycles. The second-order valence-electron chi connectivity index (χ2n) is 5.06. The third kappa shape index (κ3) is 3.34. The molecular formula is C15H13Cl2NO2S2. The zero-order valence-electron chi connectivity index (χ0n) is 11.6. The number of halogens is 2. The van der Waals surface area contributed by atoms with Crippen molar-refractivity contribution in [3.05, 3.63) is 38.7 Å². The maximum atomic E-state index is 12.5. The van der Waals surface area contributed by atoms with Gasteiger partial charge in [0, 0.05) is 22.2 Å². The number of hydrogen-bond acceptors (Lipinski definition) is 4. The van der Waals surface area contributed by atoms with Crippen LogP contribution in [-0.2, 0) is 9.53 Å². The van der Waals surface area contributed by atoms with Crippen LogP contribution in [0.3, 0.4) is 0 Å². The van der Waals surface area contributed by atoms with E-state index in [2.05, 4.69) is 0 Å². The summed E-state index contributed by atoms with van der Waals surface area (Å²) < 4.78 is 6.13. The second-order valence-corrected chi connectivity index (χ2v) is 7.55. The van der Waals surface area contributed by atoms with Gasteiger partial charge in [0.2, 0.25) is 0 Å². The Morgan fingerprint density at radius 1 is 1.41 bits per heavy atom. The van der Waals surface area contributed by atoms with Gasteiger partial charge in [-0.25, -0.2) is 0 Å². The molecule has 0 aliphatic carbocycles. The van der Waals surface area contributed by atoms with Crippen LogP contribution >= 0.6 is 47.2 Å². The highest BCUT2D eigenvalue weighted by Gasteiger charge is 2.34. The fourth-order valence-electron chi connectivity index (χ4n) is 2.43. The Balaban J connectivity index is 1.82. The number of benzene rings is 1. The standard InChI is InChI=1S/C15H13Cl2NO2S2/c16-11-4-1-5-12(17)10(11)7-13-14(19)18(15(21)22-13)8-9-3-2-6-20-9/h1,4-5,7,9H,2-3,6,8H2/b13-7-. The average Bonchev–Trinajstić information content (AvgIpc) is 3.07. The molecule has 2 aliphatic rings. The minimum absolute atomic E-state index is 0.0748. The van der Waals surface area contributed by atoms with Crippen molar-refractivity contribution in [3.8, 4) is 0 Å². The molecule has 1 unspecified atom stereocenters. The van der Waals surface area contributed by atoms with E-state index < -0.39 is 0 Å². The van der Waals surface area contributed by atoms with Crippen molar-refractivity contribution in [3.63, 3.8) is 0 Å². The second kappa shape index (κ2) is 6.89. The van der Waals surface area contributed by atoms with Gasteiger partial charge < -0.3 is 4.74 Å². The van der Waals surface area contributed by atoms with Gasteiger partial charge in [-0.15, -0.1) is 0 Å². The molecule has 116 valence electrons. The lowest BCUT2D eigenvalue weighted by molar-refractivity contribution is -0.123. The summed E-state index contributed by atoms with van der Waals surface area (Å²) in [5.74, 6) is -0.110. The van der Waals surface area contributed by atoms with E-state index in [1.807, 2.05) is 0 Å². The summed E-state index contributed by atoms with van der Waals surface area (Å²) in [6.45, 7) is 1.27. The van der Waals surface area contributed by atoms with Gasteiger partial charge in [0.1, 0.15) is 4.32 Å². The highest BCUT2D eigenvalue weighted by atomic mass is 35.5. The largest absolute Gasteiger partial charge is 0.376 e. The molecule has 2 aliphatic heterocycles. The number of thioether (sulfide) groups is 1. The molecule has 0 bridgehead atoms. The van der Waals surface area contributed by atoms with Gasteiger partial charge in [0.25, 0.3) is 5.91 Å². The lowest BCUT2D eigenvalue weighted by Crippen LogP contribution is -2.35. The van der Waals surface area contributed by atoms with E-state index in [1.54, 1.807) is 29.2 Å². The summed E-state index contributed by atoms with van der Waals surface area (Å²) in [5, 5.41) is 1.02. The van der Waals surface area contributed by atoms with Crippen molar-refractivity contribution in [2.75, 3.05) is 13.2 Å². The van der Waals surface area contributed by atoms with E-state index in [0.29, 0.717) is 31.4 Å². The van der Waals surface area contributed by atoms with Gasteiger partial charge in [0.05, 0.1) is 17.6 Å². The quantitative estimate of drug-likeness (QED) is 0.580. The molecule has 7 heteroatoms. The van der Waals surface area contributed by atoms with Crippen LogP contribution in [0, 0.1) is 0 Å². The zero-order valence-corrected chi connectivity index (χ0v) is 14.7. The number of thiocarbonyl (C=S) groups is 1. The third-order valence-electron chi connectivity index (χ3n) is 3.56. The molecule has 22 heavy (non-hydrogen) atoms. The molecule has 1 atom stereocenters. The van der Waals surface area contributed by atoms with Crippen LogP contribution in [0.2, 0.25) is 10.0 Å².